The topological polar surface area (TPSA) is 0 Å². The van der Waals surface area contributed by atoms with Crippen LogP contribution in [0.5, 0.6) is 0 Å². The van der Waals surface area contributed by atoms with Gasteiger partial charge in [-0.05, 0) is 34.5 Å². The third-order valence-corrected chi connectivity index (χ3v) is 3.28. The van der Waals surface area contributed by atoms with E-state index in [0.717, 1.165) is 10.0 Å². The molecule has 0 amide bonds. The van der Waals surface area contributed by atoms with E-state index in [1.54, 1.807) is 6.07 Å². The zero-order chi connectivity index (χ0) is 7.72. The Hall–Kier alpha value is 0.280. The highest BCUT2D eigenvalue weighted by Crippen LogP contribution is 2.32. The molecule has 0 bridgehead atoms. The highest BCUT2D eigenvalue weighted by atomic mass is 79.9. The molecule has 3 heteroatoms. The molecule has 0 saturated carbocycles. The zero-order valence-corrected chi connectivity index (χ0v) is 8.39. The molecule has 1 rings (SSSR count). The van der Waals surface area contributed by atoms with Crippen LogP contribution in [0.15, 0.2) is 16.6 Å². The summed E-state index contributed by atoms with van der Waals surface area (Å²) in [5.41, 5.74) is 1.09. The van der Waals surface area contributed by atoms with Crippen molar-refractivity contribution in [2.45, 2.75) is 6.92 Å². The molecule has 1 aromatic rings. The standard InChI is InChI=1S/C7H5BrCl2/c1-4-2-3-5(9)7(10)6(4)8/h2-3H,1H3. The van der Waals surface area contributed by atoms with Gasteiger partial charge in [-0.2, -0.15) is 0 Å². The minimum Gasteiger partial charge on any atom is -0.0827 e. The second-order valence-electron chi connectivity index (χ2n) is 1.99. The van der Waals surface area contributed by atoms with Crippen molar-refractivity contribution in [2.24, 2.45) is 0 Å². The molecule has 10 heavy (non-hydrogen) atoms. The summed E-state index contributed by atoms with van der Waals surface area (Å²) in [5.74, 6) is 0. The summed E-state index contributed by atoms with van der Waals surface area (Å²) in [6.45, 7) is 1.96. The number of rotatable bonds is 0. The molecule has 0 N–H and O–H groups in total. The fraction of sp³-hybridized carbons (Fsp3) is 0.143. The Morgan fingerprint density at radius 2 is 1.90 bits per heavy atom. The van der Waals surface area contributed by atoms with Gasteiger partial charge in [0.1, 0.15) is 0 Å². The molecule has 0 aromatic heterocycles. The van der Waals surface area contributed by atoms with Crippen LogP contribution in [0.25, 0.3) is 0 Å². The van der Waals surface area contributed by atoms with Gasteiger partial charge < -0.3 is 0 Å². The van der Waals surface area contributed by atoms with Crippen LogP contribution in [0.2, 0.25) is 10.0 Å². The summed E-state index contributed by atoms with van der Waals surface area (Å²) in [6.07, 6.45) is 0. The molecule has 0 fully saturated rings. The fourth-order valence-electron chi connectivity index (χ4n) is 0.622. The Bertz CT molecular complexity index is 231. The Balaban J connectivity index is 3.34. The summed E-state index contributed by atoms with van der Waals surface area (Å²) >= 11 is 14.8. The van der Waals surface area contributed by atoms with Gasteiger partial charge in [0.2, 0.25) is 0 Å². The second kappa shape index (κ2) is 3.12. The normalized spacial score (nSPS) is 10.0. The van der Waals surface area contributed by atoms with E-state index < -0.39 is 0 Å². The highest BCUT2D eigenvalue weighted by Gasteiger charge is 2.03. The summed E-state index contributed by atoms with van der Waals surface area (Å²) in [5, 5.41) is 1.17. The first kappa shape index (κ1) is 8.38. The molecule has 0 atom stereocenters. The summed E-state index contributed by atoms with van der Waals surface area (Å²) < 4.78 is 0.877. The minimum absolute atomic E-state index is 0.583. The first-order valence-electron chi connectivity index (χ1n) is 2.73. The highest BCUT2D eigenvalue weighted by molar-refractivity contribution is 9.10. The van der Waals surface area contributed by atoms with Crippen LogP contribution >= 0.6 is 39.1 Å². The van der Waals surface area contributed by atoms with E-state index in [1.807, 2.05) is 13.0 Å². The molecule has 0 nitrogen and oxygen atoms in total. The van der Waals surface area contributed by atoms with E-state index in [9.17, 15) is 0 Å². The summed E-state index contributed by atoms with van der Waals surface area (Å²) in [6, 6.07) is 3.70. The third kappa shape index (κ3) is 1.47. The quantitative estimate of drug-likeness (QED) is 0.599. The Morgan fingerprint density at radius 3 is 2.40 bits per heavy atom. The van der Waals surface area contributed by atoms with E-state index in [4.69, 9.17) is 23.2 Å². The van der Waals surface area contributed by atoms with Gasteiger partial charge in [-0.3, -0.25) is 0 Å². The third-order valence-electron chi connectivity index (χ3n) is 1.23. The molecule has 0 saturated heterocycles. The Morgan fingerprint density at radius 1 is 1.30 bits per heavy atom. The van der Waals surface area contributed by atoms with Crippen molar-refractivity contribution in [1.82, 2.24) is 0 Å². The number of aryl methyl sites for hydroxylation is 1. The minimum atomic E-state index is 0.583. The molecular weight excluding hydrogens is 235 g/mol. The summed E-state index contributed by atoms with van der Waals surface area (Å²) in [7, 11) is 0. The smallest absolute Gasteiger partial charge is 0.0736 e. The number of halogens is 3. The average Bonchev–Trinajstić information content (AvgIpc) is 1.93. The van der Waals surface area contributed by atoms with Gasteiger partial charge in [-0.1, -0.05) is 29.3 Å². The average molecular weight is 240 g/mol. The molecule has 0 aliphatic rings. The van der Waals surface area contributed by atoms with Crippen molar-refractivity contribution >= 4 is 39.1 Å². The SMILES string of the molecule is Cc1ccc(Cl)c(Cl)c1Br. The monoisotopic (exact) mass is 238 g/mol. The predicted octanol–water partition coefficient (Wildman–Crippen LogP) is 4.06. The van der Waals surface area contributed by atoms with Gasteiger partial charge in [0.05, 0.1) is 10.0 Å². The Labute approximate surface area is 78.3 Å². The molecule has 0 heterocycles. The lowest BCUT2D eigenvalue weighted by Crippen LogP contribution is -1.76. The zero-order valence-electron chi connectivity index (χ0n) is 5.29. The fourth-order valence-corrected chi connectivity index (χ4v) is 1.45. The molecule has 0 aliphatic heterocycles. The van der Waals surface area contributed by atoms with E-state index in [2.05, 4.69) is 15.9 Å². The Kier molecular flexibility index (Phi) is 2.61. The van der Waals surface area contributed by atoms with Crippen LogP contribution in [-0.4, -0.2) is 0 Å². The second-order valence-corrected chi connectivity index (χ2v) is 3.57. The van der Waals surface area contributed by atoms with Crippen molar-refractivity contribution in [3.63, 3.8) is 0 Å². The van der Waals surface area contributed by atoms with Crippen LogP contribution < -0.4 is 0 Å². The molecular formula is C7H5BrCl2. The van der Waals surface area contributed by atoms with Gasteiger partial charge in [-0.15, -0.1) is 0 Å². The van der Waals surface area contributed by atoms with Crippen LogP contribution in [-0.2, 0) is 0 Å². The maximum atomic E-state index is 5.80. The van der Waals surface area contributed by atoms with Gasteiger partial charge in [-0.25, -0.2) is 0 Å². The van der Waals surface area contributed by atoms with Crippen molar-refractivity contribution in [3.8, 4) is 0 Å². The van der Waals surface area contributed by atoms with Crippen LogP contribution in [0.1, 0.15) is 5.56 Å². The number of benzene rings is 1. The van der Waals surface area contributed by atoms with Crippen molar-refractivity contribution in [2.75, 3.05) is 0 Å². The number of hydrogen-bond donors (Lipinski definition) is 0. The molecule has 0 unspecified atom stereocenters. The van der Waals surface area contributed by atoms with Gasteiger partial charge in [0, 0.05) is 4.47 Å². The van der Waals surface area contributed by atoms with E-state index >= 15 is 0 Å². The molecule has 0 radical (unpaired) electrons. The molecule has 54 valence electrons. The van der Waals surface area contributed by atoms with Crippen molar-refractivity contribution in [1.29, 1.82) is 0 Å². The first-order chi connectivity index (χ1) is 4.63. The van der Waals surface area contributed by atoms with Gasteiger partial charge >= 0.3 is 0 Å². The van der Waals surface area contributed by atoms with Crippen LogP contribution in [0.4, 0.5) is 0 Å². The predicted molar refractivity (Wildman–Crippen MR) is 48.9 cm³/mol. The number of hydrogen-bond acceptors (Lipinski definition) is 0. The van der Waals surface area contributed by atoms with Gasteiger partial charge in [0.15, 0.2) is 0 Å². The maximum absolute atomic E-state index is 5.80. The molecule has 0 aliphatic carbocycles. The first-order valence-corrected chi connectivity index (χ1v) is 4.28. The van der Waals surface area contributed by atoms with Crippen molar-refractivity contribution in [3.05, 3.63) is 32.2 Å². The maximum Gasteiger partial charge on any atom is 0.0736 e. The van der Waals surface area contributed by atoms with E-state index in [-0.39, 0.29) is 0 Å². The molecule has 1 aromatic carbocycles. The van der Waals surface area contributed by atoms with E-state index in [1.165, 1.54) is 0 Å². The summed E-state index contributed by atoms with van der Waals surface area (Å²) in [4.78, 5) is 0. The van der Waals surface area contributed by atoms with Crippen LogP contribution in [0.3, 0.4) is 0 Å². The van der Waals surface area contributed by atoms with E-state index in [0.29, 0.717) is 10.0 Å². The lowest BCUT2D eigenvalue weighted by atomic mass is 10.2. The van der Waals surface area contributed by atoms with Crippen LogP contribution in [0, 0.1) is 6.92 Å². The van der Waals surface area contributed by atoms with Gasteiger partial charge in [0.25, 0.3) is 0 Å². The largest absolute Gasteiger partial charge is 0.0827 e. The van der Waals surface area contributed by atoms with Crippen molar-refractivity contribution < 1.29 is 0 Å². The lowest BCUT2D eigenvalue weighted by molar-refractivity contribution is 1.43. The molecule has 0 spiro atoms. The lowest BCUT2D eigenvalue weighted by Gasteiger charge is -2.00.